The Morgan fingerprint density at radius 3 is 2.23 bits per heavy atom. The van der Waals surface area contributed by atoms with Crippen LogP contribution in [0.3, 0.4) is 0 Å². The molecule has 170 valence electrons. The average Bonchev–Trinajstić information content (AvgIpc) is 2.78. The molecule has 0 aliphatic heterocycles. The number of hydrogen-bond acceptors (Lipinski definition) is 4. The molecule has 0 amide bonds. The minimum Gasteiger partial charge on any atom is -0.496 e. The second kappa shape index (κ2) is 13.9. The van der Waals surface area contributed by atoms with Crippen LogP contribution in [0.25, 0.3) is 0 Å². The zero-order valence-corrected chi connectivity index (χ0v) is 20.2. The highest BCUT2D eigenvalue weighted by Gasteiger charge is 2.09. The number of nitrogens with zero attached hydrogens (tertiary/aromatic N) is 1. The zero-order valence-electron chi connectivity index (χ0n) is 19.4. The molecule has 6 heteroatoms. The van der Waals surface area contributed by atoms with Gasteiger partial charge in [0.05, 0.1) is 13.7 Å². The first-order valence-corrected chi connectivity index (χ1v) is 11.7. The predicted molar refractivity (Wildman–Crippen MR) is 136 cm³/mol. The van der Waals surface area contributed by atoms with E-state index in [1.807, 2.05) is 36.4 Å². The van der Waals surface area contributed by atoms with E-state index >= 15 is 0 Å². The number of rotatable bonds is 13. The average molecular weight is 444 g/mol. The lowest BCUT2D eigenvalue weighted by molar-refractivity contribution is 0.289. The first-order chi connectivity index (χ1) is 15.1. The fourth-order valence-electron chi connectivity index (χ4n) is 3.31. The molecule has 0 spiro atoms. The van der Waals surface area contributed by atoms with Crippen molar-refractivity contribution >= 4 is 28.7 Å². The molecule has 0 unspecified atom stereocenters. The van der Waals surface area contributed by atoms with Crippen molar-refractivity contribution in [2.45, 2.75) is 53.0 Å². The SMILES string of the molecule is CCCCCCOc1ccc(NC(=S)Nc2ccc(OC)c(CN(CC)CC)c2)cc1. The van der Waals surface area contributed by atoms with Crippen LogP contribution in [0.15, 0.2) is 42.5 Å². The molecule has 0 radical (unpaired) electrons. The predicted octanol–water partition coefficient (Wildman–Crippen LogP) is 6.31. The molecular formula is C25H37N3O2S. The van der Waals surface area contributed by atoms with Gasteiger partial charge in [-0.1, -0.05) is 40.0 Å². The van der Waals surface area contributed by atoms with Gasteiger partial charge >= 0.3 is 0 Å². The minimum atomic E-state index is 0.548. The summed E-state index contributed by atoms with van der Waals surface area (Å²) in [7, 11) is 1.71. The zero-order chi connectivity index (χ0) is 22.5. The quantitative estimate of drug-likeness (QED) is 0.280. The lowest BCUT2D eigenvalue weighted by Gasteiger charge is -2.20. The Balaban J connectivity index is 1.90. The molecule has 0 bridgehead atoms. The number of unbranched alkanes of at least 4 members (excludes halogenated alkanes) is 3. The Bertz CT molecular complexity index is 792. The van der Waals surface area contributed by atoms with Gasteiger partial charge in [0, 0.05) is 23.5 Å². The molecule has 2 aromatic rings. The smallest absolute Gasteiger partial charge is 0.175 e. The van der Waals surface area contributed by atoms with Crippen LogP contribution < -0.4 is 20.1 Å². The molecule has 0 saturated heterocycles. The summed E-state index contributed by atoms with van der Waals surface area (Å²) in [5.41, 5.74) is 3.00. The van der Waals surface area contributed by atoms with E-state index < -0.39 is 0 Å². The number of anilines is 2. The normalized spacial score (nSPS) is 10.7. The molecule has 5 nitrogen and oxygen atoms in total. The topological polar surface area (TPSA) is 45.8 Å². The number of hydrogen-bond donors (Lipinski definition) is 2. The van der Waals surface area contributed by atoms with Crippen molar-refractivity contribution in [1.29, 1.82) is 0 Å². The van der Waals surface area contributed by atoms with Gasteiger partial charge in [-0.3, -0.25) is 4.90 Å². The number of benzene rings is 2. The van der Waals surface area contributed by atoms with Gasteiger partial charge in [-0.2, -0.15) is 0 Å². The molecule has 0 fully saturated rings. The summed E-state index contributed by atoms with van der Waals surface area (Å²) >= 11 is 5.50. The molecule has 0 atom stereocenters. The summed E-state index contributed by atoms with van der Waals surface area (Å²) in [5.74, 6) is 1.78. The van der Waals surface area contributed by atoms with E-state index in [-0.39, 0.29) is 0 Å². The van der Waals surface area contributed by atoms with Crippen LogP contribution in [0.2, 0.25) is 0 Å². The molecule has 2 aromatic carbocycles. The van der Waals surface area contributed by atoms with Gasteiger partial charge in [-0.25, -0.2) is 0 Å². The van der Waals surface area contributed by atoms with Gasteiger partial charge in [0.15, 0.2) is 5.11 Å². The number of thiocarbonyl (C=S) groups is 1. The lowest BCUT2D eigenvalue weighted by Crippen LogP contribution is -2.23. The Morgan fingerprint density at radius 1 is 0.903 bits per heavy atom. The van der Waals surface area contributed by atoms with Crippen LogP contribution in [0.4, 0.5) is 11.4 Å². The van der Waals surface area contributed by atoms with Gasteiger partial charge in [0.1, 0.15) is 11.5 Å². The Kier molecular flexibility index (Phi) is 11.2. The first kappa shape index (κ1) is 25.0. The van der Waals surface area contributed by atoms with Crippen molar-refractivity contribution in [2.75, 3.05) is 37.4 Å². The Morgan fingerprint density at radius 2 is 1.58 bits per heavy atom. The maximum absolute atomic E-state index is 5.80. The summed E-state index contributed by atoms with van der Waals surface area (Å²) in [6.07, 6.45) is 4.82. The van der Waals surface area contributed by atoms with E-state index in [1.165, 1.54) is 19.3 Å². The summed E-state index contributed by atoms with van der Waals surface area (Å²) in [4.78, 5) is 2.35. The fourth-order valence-corrected chi connectivity index (χ4v) is 3.55. The molecule has 31 heavy (non-hydrogen) atoms. The van der Waals surface area contributed by atoms with Gasteiger partial charge in [0.25, 0.3) is 0 Å². The summed E-state index contributed by atoms with van der Waals surface area (Å²) in [5, 5.41) is 7.06. The summed E-state index contributed by atoms with van der Waals surface area (Å²) < 4.78 is 11.3. The summed E-state index contributed by atoms with van der Waals surface area (Å²) in [6.45, 7) is 10.1. The second-order valence-corrected chi connectivity index (χ2v) is 7.91. The van der Waals surface area contributed by atoms with Crippen molar-refractivity contribution < 1.29 is 9.47 Å². The first-order valence-electron chi connectivity index (χ1n) is 11.3. The molecule has 0 heterocycles. The standard InChI is InChI=1S/C25H37N3O2S/c1-5-8-9-10-17-30-23-14-11-21(12-15-23)26-25(31)27-22-13-16-24(29-4)20(18-22)19-28(6-2)7-3/h11-16,18H,5-10,17,19H2,1-4H3,(H2,26,27,31). The van der Waals surface area contributed by atoms with E-state index in [2.05, 4.69) is 42.4 Å². The third-order valence-corrected chi connectivity index (χ3v) is 5.41. The van der Waals surface area contributed by atoms with E-state index in [0.717, 1.165) is 61.1 Å². The van der Waals surface area contributed by atoms with Crippen LogP contribution in [0.1, 0.15) is 52.0 Å². The Labute approximate surface area is 193 Å². The maximum Gasteiger partial charge on any atom is 0.175 e. The highest BCUT2D eigenvalue weighted by molar-refractivity contribution is 7.80. The van der Waals surface area contributed by atoms with E-state index in [1.54, 1.807) is 7.11 Å². The van der Waals surface area contributed by atoms with Gasteiger partial charge in [-0.15, -0.1) is 0 Å². The lowest BCUT2D eigenvalue weighted by atomic mass is 10.1. The highest BCUT2D eigenvalue weighted by Crippen LogP contribution is 2.24. The molecule has 0 saturated carbocycles. The molecule has 0 aromatic heterocycles. The molecular weight excluding hydrogens is 406 g/mol. The number of nitrogens with one attached hydrogen (secondary N) is 2. The van der Waals surface area contributed by atoms with Crippen LogP contribution in [-0.4, -0.2) is 36.8 Å². The van der Waals surface area contributed by atoms with Crippen molar-refractivity contribution in [3.8, 4) is 11.5 Å². The van der Waals surface area contributed by atoms with Crippen molar-refractivity contribution in [1.82, 2.24) is 4.90 Å². The maximum atomic E-state index is 5.80. The molecule has 2 rings (SSSR count). The van der Waals surface area contributed by atoms with Gasteiger partial charge in [-0.05, 0) is 74.2 Å². The summed E-state index contributed by atoms with van der Waals surface area (Å²) in [6, 6.07) is 14.0. The second-order valence-electron chi connectivity index (χ2n) is 7.50. The van der Waals surface area contributed by atoms with Crippen molar-refractivity contribution in [3.05, 3.63) is 48.0 Å². The van der Waals surface area contributed by atoms with Gasteiger partial charge in [0.2, 0.25) is 0 Å². The van der Waals surface area contributed by atoms with Crippen LogP contribution in [-0.2, 0) is 6.54 Å². The molecule has 0 aliphatic carbocycles. The fraction of sp³-hybridized carbons (Fsp3) is 0.480. The minimum absolute atomic E-state index is 0.548. The number of ether oxygens (including phenoxy) is 2. The molecule has 0 aliphatic rings. The van der Waals surface area contributed by atoms with Crippen LogP contribution >= 0.6 is 12.2 Å². The molecule has 2 N–H and O–H groups in total. The number of methoxy groups -OCH3 is 1. The highest BCUT2D eigenvalue weighted by atomic mass is 32.1. The monoisotopic (exact) mass is 443 g/mol. The van der Waals surface area contributed by atoms with E-state index in [9.17, 15) is 0 Å². The van der Waals surface area contributed by atoms with E-state index in [4.69, 9.17) is 21.7 Å². The Hall–Kier alpha value is -2.31. The van der Waals surface area contributed by atoms with E-state index in [0.29, 0.717) is 5.11 Å². The van der Waals surface area contributed by atoms with Crippen molar-refractivity contribution in [2.24, 2.45) is 0 Å². The third-order valence-electron chi connectivity index (χ3n) is 5.21. The largest absolute Gasteiger partial charge is 0.496 e. The third kappa shape index (κ3) is 8.75. The van der Waals surface area contributed by atoms with Crippen LogP contribution in [0.5, 0.6) is 11.5 Å². The van der Waals surface area contributed by atoms with Gasteiger partial charge < -0.3 is 20.1 Å². The van der Waals surface area contributed by atoms with Crippen LogP contribution in [0, 0.1) is 0 Å². The van der Waals surface area contributed by atoms with Crippen molar-refractivity contribution in [3.63, 3.8) is 0 Å².